The Labute approximate surface area is 152 Å². The van der Waals surface area contributed by atoms with Gasteiger partial charge in [-0.15, -0.1) is 0 Å². The number of esters is 1. The highest BCUT2D eigenvalue weighted by molar-refractivity contribution is 5.83. The summed E-state index contributed by atoms with van der Waals surface area (Å²) < 4.78 is 50.5. The second-order valence-corrected chi connectivity index (χ2v) is 5.73. The van der Waals surface area contributed by atoms with Crippen LogP contribution in [0.15, 0.2) is 18.2 Å². The molecule has 0 saturated carbocycles. The quantitative estimate of drug-likeness (QED) is 0.565. The maximum absolute atomic E-state index is 13.5. The number of carbonyl (C=O) groups is 2. The van der Waals surface area contributed by atoms with E-state index in [2.05, 4.69) is 10.1 Å². The smallest absolute Gasteiger partial charge is 0.437 e. The van der Waals surface area contributed by atoms with Crippen molar-refractivity contribution in [1.82, 2.24) is 10.6 Å². The SMILES string of the molecule is CCOC(=O)[C@@H]1[C@H](c2ccc(O)c(OCC)c2)NC(=O)N[C@@]1(O)C(F)(F)F. The molecule has 11 heteroatoms. The lowest BCUT2D eigenvalue weighted by atomic mass is 9.82. The van der Waals surface area contributed by atoms with E-state index in [1.54, 1.807) is 6.92 Å². The first-order valence-corrected chi connectivity index (χ1v) is 8.05. The van der Waals surface area contributed by atoms with Crippen LogP contribution in [-0.2, 0) is 9.53 Å². The first-order chi connectivity index (χ1) is 12.5. The first-order valence-electron chi connectivity index (χ1n) is 8.05. The standard InChI is InChI=1S/C16H19F3N2O6/c1-3-26-10-7-8(5-6-9(10)22)12-11(13(23)27-4-2)15(25,16(17,18)19)21-14(24)20-12/h5-7,11-12,22,25H,3-4H2,1-2H3,(H2,20,21,24)/t11-,12-,15-/m0/s1. The molecule has 0 spiro atoms. The molecule has 1 saturated heterocycles. The summed E-state index contributed by atoms with van der Waals surface area (Å²) in [4.78, 5) is 24.1. The Balaban J connectivity index is 2.58. The van der Waals surface area contributed by atoms with Crippen LogP contribution in [0.2, 0.25) is 0 Å². The zero-order valence-electron chi connectivity index (χ0n) is 14.5. The molecule has 8 nitrogen and oxygen atoms in total. The normalized spacial score (nSPS) is 25.3. The van der Waals surface area contributed by atoms with Gasteiger partial charge in [-0.2, -0.15) is 13.2 Å². The lowest BCUT2D eigenvalue weighted by molar-refractivity contribution is -0.294. The Bertz CT molecular complexity index is 727. The van der Waals surface area contributed by atoms with E-state index >= 15 is 0 Å². The summed E-state index contributed by atoms with van der Waals surface area (Å²) in [6.07, 6.45) is -5.36. The molecule has 4 N–H and O–H groups in total. The maximum atomic E-state index is 13.5. The largest absolute Gasteiger partial charge is 0.504 e. The number of phenolic OH excluding ortho intramolecular Hbond substituents is 1. The van der Waals surface area contributed by atoms with Crippen LogP contribution < -0.4 is 15.4 Å². The van der Waals surface area contributed by atoms with Crippen LogP contribution >= 0.6 is 0 Å². The highest BCUT2D eigenvalue weighted by Gasteiger charge is 2.67. The minimum Gasteiger partial charge on any atom is -0.504 e. The monoisotopic (exact) mass is 392 g/mol. The second kappa shape index (κ2) is 7.51. The van der Waals surface area contributed by atoms with Gasteiger partial charge in [0.15, 0.2) is 11.5 Å². The predicted octanol–water partition coefficient (Wildman–Crippen LogP) is 1.57. The van der Waals surface area contributed by atoms with E-state index in [1.807, 2.05) is 0 Å². The Kier molecular flexibility index (Phi) is 5.73. The number of rotatable bonds is 5. The molecule has 1 heterocycles. The van der Waals surface area contributed by atoms with Gasteiger partial charge in [0.25, 0.3) is 5.72 Å². The van der Waals surface area contributed by atoms with Crippen molar-refractivity contribution in [3.8, 4) is 11.5 Å². The molecule has 27 heavy (non-hydrogen) atoms. The zero-order chi connectivity index (χ0) is 20.4. The molecule has 1 fully saturated rings. The van der Waals surface area contributed by atoms with Crippen LogP contribution in [0.1, 0.15) is 25.5 Å². The molecule has 150 valence electrons. The zero-order valence-corrected chi connectivity index (χ0v) is 14.5. The van der Waals surface area contributed by atoms with E-state index in [-0.39, 0.29) is 30.3 Å². The van der Waals surface area contributed by atoms with Crippen molar-refractivity contribution in [3.05, 3.63) is 23.8 Å². The van der Waals surface area contributed by atoms with Gasteiger partial charge in [0.05, 0.1) is 19.3 Å². The van der Waals surface area contributed by atoms with Crippen molar-refractivity contribution in [2.24, 2.45) is 5.92 Å². The highest BCUT2D eigenvalue weighted by atomic mass is 19.4. The maximum Gasteiger partial charge on any atom is 0.437 e. The molecule has 3 atom stereocenters. The molecule has 1 aliphatic rings. The summed E-state index contributed by atoms with van der Waals surface area (Å²) >= 11 is 0. The number of aliphatic hydroxyl groups is 1. The van der Waals surface area contributed by atoms with Gasteiger partial charge in [-0.3, -0.25) is 4.79 Å². The molecular formula is C16H19F3N2O6. The van der Waals surface area contributed by atoms with Crippen LogP contribution in [0.3, 0.4) is 0 Å². The number of urea groups is 1. The Morgan fingerprint density at radius 2 is 1.96 bits per heavy atom. The molecule has 2 rings (SSSR count). The number of alkyl halides is 3. The molecule has 0 bridgehead atoms. The van der Waals surface area contributed by atoms with Crippen LogP contribution in [-0.4, -0.2) is 47.3 Å². The third-order valence-corrected chi connectivity index (χ3v) is 3.99. The average Bonchev–Trinajstić information content (AvgIpc) is 2.55. The van der Waals surface area contributed by atoms with E-state index in [9.17, 15) is 33.0 Å². The van der Waals surface area contributed by atoms with Crippen LogP contribution in [0.5, 0.6) is 11.5 Å². The number of amides is 2. The summed E-state index contributed by atoms with van der Waals surface area (Å²) in [7, 11) is 0. The van der Waals surface area contributed by atoms with Crippen molar-refractivity contribution in [3.63, 3.8) is 0 Å². The predicted molar refractivity (Wildman–Crippen MR) is 84.8 cm³/mol. The average molecular weight is 392 g/mol. The lowest BCUT2D eigenvalue weighted by Crippen LogP contribution is -2.73. The number of hydrogen-bond donors (Lipinski definition) is 4. The third-order valence-electron chi connectivity index (χ3n) is 3.99. The number of halogens is 3. The van der Waals surface area contributed by atoms with Crippen molar-refractivity contribution < 1.29 is 42.4 Å². The third kappa shape index (κ3) is 3.87. The number of carbonyl (C=O) groups excluding carboxylic acids is 2. The van der Waals surface area contributed by atoms with Gasteiger partial charge in [-0.1, -0.05) is 6.07 Å². The molecule has 1 aliphatic heterocycles. The summed E-state index contributed by atoms with van der Waals surface area (Å²) in [6.45, 7) is 2.94. The summed E-state index contributed by atoms with van der Waals surface area (Å²) in [5, 5.41) is 23.5. The van der Waals surface area contributed by atoms with E-state index in [0.29, 0.717) is 0 Å². The Morgan fingerprint density at radius 1 is 1.30 bits per heavy atom. The van der Waals surface area contributed by atoms with Gasteiger partial charge in [0, 0.05) is 0 Å². The van der Waals surface area contributed by atoms with Gasteiger partial charge in [0.1, 0.15) is 5.92 Å². The molecule has 0 radical (unpaired) electrons. The van der Waals surface area contributed by atoms with E-state index < -0.39 is 35.9 Å². The lowest BCUT2D eigenvalue weighted by Gasteiger charge is -2.44. The molecule has 0 unspecified atom stereocenters. The van der Waals surface area contributed by atoms with Gasteiger partial charge in [-0.25, -0.2) is 4.79 Å². The van der Waals surface area contributed by atoms with Gasteiger partial charge < -0.3 is 30.3 Å². The number of hydrogen-bond acceptors (Lipinski definition) is 6. The fraction of sp³-hybridized carbons (Fsp3) is 0.500. The van der Waals surface area contributed by atoms with E-state index in [1.165, 1.54) is 24.4 Å². The van der Waals surface area contributed by atoms with Gasteiger partial charge in [0.2, 0.25) is 0 Å². The number of nitrogens with one attached hydrogen (secondary N) is 2. The number of ether oxygens (including phenoxy) is 2. The second-order valence-electron chi connectivity index (χ2n) is 5.73. The van der Waals surface area contributed by atoms with Crippen LogP contribution in [0.4, 0.5) is 18.0 Å². The van der Waals surface area contributed by atoms with E-state index in [0.717, 1.165) is 6.07 Å². The van der Waals surface area contributed by atoms with Crippen LogP contribution in [0.25, 0.3) is 0 Å². The number of benzene rings is 1. The first kappa shape index (κ1) is 20.6. The molecule has 1 aromatic carbocycles. The topological polar surface area (TPSA) is 117 Å². The van der Waals surface area contributed by atoms with Crippen LogP contribution in [0, 0.1) is 5.92 Å². The summed E-state index contributed by atoms with van der Waals surface area (Å²) in [5.74, 6) is -3.93. The molecule has 0 aromatic heterocycles. The van der Waals surface area contributed by atoms with Gasteiger partial charge >= 0.3 is 18.2 Å². The van der Waals surface area contributed by atoms with Gasteiger partial charge in [-0.05, 0) is 31.5 Å². The Hall–Kier alpha value is -2.69. The highest BCUT2D eigenvalue weighted by Crippen LogP contribution is 2.44. The minimum atomic E-state index is -5.36. The molecule has 2 amide bonds. The number of aromatic hydroxyl groups is 1. The molecule has 1 aromatic rings. The van der Waals surface area contributed by atoms with Crippen molar-refractivity contribution in [2.45, 2.75) is 31.8 Å². The summed E-state index contributed by atoms with van der Waals surface area (Å²) in [5.41, 5.74) is -3.84. The van der Waals surface area contributed by atoms with E-state index in [4.69, 9.17) is 4.74 Å². The Morgan fingerprint density at radius 3 is 2.52 bits per heavy atom. The van der Waals surface area contributed by atoms with Crippen molar-refractivity contribution in [1.29, 1.82) is 0 Å². The number of phenols is 1. The minimum absolute atomic E-state index is 0.00632. The van der Waals surface area contributed by atoms with Crippen molar-refractivity contribution in [2.75, 3.05) is 13.2 Å². The fourth-order valence-electron chi connectivity index (χ4n) is 2.81. The molecule has 0 aliphatic carbocycles. The fourth-order valence-corrected chi connectivity index (χ4v) is 2.81. The summed E-state index contributed by atoms with van der Waals surface area (Å²) in [6, 6.07) is 0.606. The molecular weight excluding hydrogens is 373 g/mol. The van der Waals surface area contributed by atoms with Crippen molar-refractivity contribution >= 4 is 12.0 Å².